The predicted molar refractivity (Wildman–Crippen MR) is 63.6 cm³/mol. The van der Waals surface area contributed by atoms with Crippen molar-refractivity contribution in [2.75, 3.05) is 46.0 Å². The molecule has 0 spiro atoms. The number of carbonyl (C=O) groups is 1. The molecule has 7 heteroatoms. The minimum absolute atomic E-state index is 0.0694. The SMILES string of the molecule is NCCCC(=O)O.OCCN(CCO)CCO. The summed E-state index contributed by atoms with van der Waals surface area (Å²) in [6, 6.07) is 0. The number of aliphatic hydroxyl groups is 3. The van der Waals surface area contributed by atoms with Gasteiger partial charge in [0, 0.05) is 26.1 Å². The predicted octanol–water partition coefficient (Wildman–Crippen LogP) is -1.92. The second-order valence-corrected chi connectivity index (χ2v) is 3.30. The minimum atomic E-state index is -0.773. The summed E-state index contributed by atoms with van der Waals surface area (Å²) in [5.41, 5.74) is 5.01. The van der Waals surface area contributed by atoms with E-state index in [4.69, 9.17) is 26.2 Å². The monoisotopic (exact) mass is 252 g/mol. The van der Waals surface area contributed by atoms with Gasteiger partial charge < -0.3 is 26.2 Å². The van der Waals surface area contributed by atoms with E-state index in [0.717, 1.165) is 0 Å². The van der Waals surface area contributed by atoms with E-state index in [1.807, 2.05) is 0 Å². The summed E-state index contributed by atoms with van der Waals surface area (Å²) >= 11 is 0. The second kappa shape index (κ2) is 15.3. The summed E-state index contributed by atoms with van der Waals surface area (Å²) in [6.07, 6.45) is 0.770. The normalized spacial score (nSPS) is 9.94. The second-order valence-electron chi connectivity index (χ2n) is 3.30. The van der Waals surface area contributed by atoms with Gasteiger partial charge in [0.1, 0.15) is 0 Å². The van der Waals surface area contributed by atoms with E-state index in [9.17, 15) is 4.79 Å². The molecule has 0 radical (unpaired) electrons. The van der Waals surface area contributed by atoms with E-state index in [-0.39, 0.29) is 26.2 Å². The topological polar surface area (TPSA) is 127 Å². The molecule has 0 bridgehead atoms. The Labute approximate surface area is 101 Å². The number of hydrogen-bond donors (Lipinski definition) is 5. The first kappa shape index (κ1) is 18.6. The van der Waals surface area contributed by atoms with Crippen molar-refractivity contribution >= 4 is 5.97 Å². The van der Waals surface area contributed by atoms with Crippen LogP contribution in [0.5, 0.6) is 0 Å². The minimum Gasteiger partial charge on any atom is -0.481 e. The molecule has 0 rings (SSSR count). The van der Waals surface area contributed by atoms with Crippen LogP contribution in [-0.2, 0) is 4.79 Å². The van der Waals surface area contributed by atoms with E-state index < -0.39 is 5.97 Å². The molecule has 17 heavy (non-hydrogen) atoms. The molecule has 0 aliphatic carbocycles. The average molecular weight is 252 g/mol. The number of carboxylic acids is 1. The van der Waals surface area contributed by atoms with Gasteiger partial charge in [-0.05, 0) is 13.0 Å². The van der Waals surface area contributed by atoms with Crippen LogP contribution < -0.4 is 5.73 Å². The molecule has 6 N–H and O–H groups in total. The summed E-state index contributed by atoms with van der Waals surface area (Å²) in [5, 5.41) is 33.4. The fourth-order valence-electron chi connectivity index (χ4n) is 1.01. The van der Waals surface area contributed by atoms with Gasteiger partial charge in [0.2, 0.25) is 0 Å². The van der Waals surface area contributed by atoms with Gasteiger partial charge >= 0.3 is 5.97 Å². The molecule has 0 saturated carbocycles. The van der Waals surface area contributed by atoms with Crippen LogP contribution in [0.3, 0.4) is 0 Å². The van der Waals surface area contributed by atoms with E-state index in [1.165, 1.54) is 0 Å². The smallest absolute Gasteiger partial charge is 0.303 e. The third-order valence-electron chi connectivity index (χ3n) is 1.84. The molecule has 0 aliphatic heterocycles. The maximum Gasteiger partial charge on any atom is 0.303 e. The molecule has 0 aromatic heterocycles. The van der Waals surface area contributed by atoms with Crippen LogP contribution in [0.25, 0.3) is 0 Å². The van der Waals surface area contributed by atoms with Crippen molar-refractivity contribution in [2.45, 2.75) is 12.8 Å². The molecular weight excluding hydrogens is 228 g/mol. The highest BCUT2D eigenvalue weighted by atomic mass is 16.4. The van der Waals surface area contributed by atoms with Gasteiger partial charge in [-0.2, -0.15) is 0 Å². The maximum atomic E-state index is 9.70. The highest BCUT2D eigenvalue weighted by Crippen LogP contribution is 1.84. The molecule has 0 unspecified atom stereocenters. The van der Waals surface area contributed by atoms with Gasteiger partial charge in [0.25, 0.3) is 0 Å². The maximum absolute atomic E-state index is 9.70. The van der Waals surface area contributed by atoms with Crippen molar-refractivity contribution in [3.63, 3.8) is 0 Å². The van der Waals surface area contributed by atoms with Crippen molar-refractivity contribution in [1.29, 1.82) is 0 Å². The van der Waals surface area contributed by atoms with Crippen LogP contribution in [0.15, 0.2) is 0 Å². The van der Waals surface area contributed by atoms with E-state index >= 15 is 0 Å². The lowest BCUT2D eigenvalue weighted by Crippen LogP contribution is -2.32. The summed E-state index contributed by atoms with van der Waals surface area (Å²) in [5.74, 6) is -0.773. The van der Waals surface area contributed by atoms with E-state index in [1.54, 1.807) is 4.90 Å². The Morgan fingerprint density at radius 3 is 1.59 bits per heavy atom. The summed E-state index contributed by atoms with van der Waals surface area (Å²) < 4.78 is 0. The first-order valence-electron chi connectivity index (χ1n) is 5.59. The Morgan fingerprint density at radius 1 is 1.00 bits per heavy atom. The van der Waals surface area contributed by atoms with Crippen LogP contribution in [0.4, 0.5) is 0 Å². The van der Waals surface area contributed by atoms with Crippen LogP contribution in [0.1, 0.15) is 12.8 Å². The van der Waals surface area contributed by atoms with Gasteiger partial charge in [-0.3, -0.25) is 9.69 Å². The van der Waals surface area contributed by atoms with Gasteiger partial charge in [-0.1, -0.05) is 0 Å². The number of aliphatic hydroxyl groups excluding tert-OH is 3. The van der Waals surface area contributed by atoms with Crippen LogP contribution in [0.2, 0.25) is 0 Å². The third kappa shape index (κ3) is 17.9. The first-order valence-corrected chi connectivity index (χ1v) is 5.59. The molecule has 0 saturated heterocycles. The van der Waals surface area contributed by atoms with Crippen LogP contribution in [0, 0.1) is 0 Å². The molecule has 0 heterocycles. The van der Waals surface area contributed by atoms with Crippen molar-refractivity contribution < 1.29 is 25.2 Å². The largest absolute Gasteiger partial charge is 0.481 e. The standard InChI is InChI=1S/C6H15NO3.C4H9NO2/c8-4-1-7(2-5-9)3-6-10;5-3-1-2-4(6)7/h8-10H,1-6H2;1-3,5H2,(H,6,7). The van der Waals surface area contributed by atoms with Crippen molar-refractivity contribution in [2.24, 2.45) is 5.73 Å². The summed E-state index contributed by atoms with van der Waals surface area (Å²) in [6.45, 7) is 2.22. The first-order chi connectivity index (χ1) is 8.12. The Hall–Kier alpha value is -0.730. The number of carboxylic acid groups (broad SMARTS) is 1. The molecule has 0 aromatic carbocycles. The van der Waals surface area contributed by atoms with Gasteiger partial charge in [-0.25, -0.2) is 0 Å². The fraction of sp³-hybridized carbons (Fsp3) is 0.900. The highest BCUT2D eigenvalue weighted by molar-refractivity contribution is 5.66. The molecule has 0 atom stereocenters. The molecule has 0 aromatic rings. The molecular formula is C10H24N2O5. The number of nitrogens with two attached hydrogens (primary N) is 1. The van der Waals surface area contributed by atoms with E-state index in [0.29, 0.717) is 32.6 Å². The summed E-state index contributed by atoms with van der Waals surface area (Å²) in [7, 11) is 0. The van der Waals surface area contributed by atoms with Crippen molar-refractivity contribution in [3.05, 3.63) is 0 Å². The fourth-order valence-corrected chi connectivity index (χ4v) is 1.01. The molecule has 0 aliphatic rings. The van der Waals surface area contributed by atoms with Crippen molar-refractivity contribution in [1.82, 2.24) is 4.90 Å². The zero-order chi connectivity index (χ0) is 13.5. The van der Waals surface area contributed by atoms with Gasteiger partial charge in [-0.15, -0.1) is 0 Å². The van der Waals surface area contributed by atoms with Crippen LogP contribution >= 0.6 is 0 Å². The number of aliphatic carboxylic acids is 1. The Kier molecular flexibility index (Phi) is 16.7. The van der Waals surface area contributed by atoms with Gasteiger partial charge in [0.05, 0.1) is 19.8 Å². The summed E-state index contributed by atoms with van der Waals surface area (Å²) in [4.78, 5) is 11.5. The lowest BCUT2D eigenvalue weighted by atomic mass is 10.3. The quantitative estimate of drug-likeness (QED) is 0.323. The third-order valence-corrected chi connectivity index (χ3v) is 1.84. The Balaban J connectivity index is 0. The van der Waals surface area contributed by atoms with Crippen LogP contribution in [-0.4, -0.2) is 77.3 Å². The van der Waals surface area contributed by atoms with Crippen molar-refractivity contribution in [3.8, 4) is 0 Å². The zero-order valence-electron chi connectivity index (χ0n) is 10.1. The zero-order valence-corrected chi connectivity index (χ0v) is 10.1. The number of hydrogen-bond acceptors (Lipinski definition) is 6. The highest BCUT2D eigenvalue weighted by Gasteiger charge is 2.00. The molecule has 0 amide bonds. The lowest BCUT2D eigenvalue weighted by Gasteiger charge is -2.17. The van der Waals surface area contributed by atoms with E-state index in [2.05, 4.69) is 0 Å². The Morgan fingerprint density at radius 2 is 1.41 bits per heavy atom. The molecule has 0 fully saturated rings. The number of rotatable bonds is 9. The van der Waals surface area contributed by atoms with Gasteiger partial charge in [0.15, 0.2) is 0 Å². The lowest BCUT2D eigenvalue weighted by molar-refractivity contribution is -0.137. The molecule has 104 valence electrons. The molecule has 7 nitrogen and oxygen atoms in total. The average Bonchev–Trinajstić information content (AvgIpc) is 2.28. The Bertz CT molecular complexity index is 155. The number of nitrogens with zero attached hydrogens (tertiary/aromatic N) is 1.